The van der Waals surface area contributed by atoms with Gasteiger partial charge in [0.1, 0.15) is 0 Å². The maximum Gasteiger partial charge on any atom is 0.359 e. The average Bonchev–Trinajstić information content (AvgIpc) is 2.51. The lowest BCUT2D eigenvalue weighted by molar-refractivity contribution is -0.124. The zero-order valence-corrected chi connectivity index (χ0v) is 13.3. The number of nitrogens with one attached hydrogen (secondary N) is 1. The Morgan fingerprint density at radius 3 is 2.73 bits per heavy atom. The molecule has 1 N–H and O–H groups in total. The van der Waals surface area contributed by atoms with Crippen molar-refractivity contribution in [2.75, 3.05) is 6.61 Å². The highest BCUT2D eigenvalue weighted by Gasteiger charge is 2.14. The van der Waals surface area contributed by atoms with Gasteiger partial charge in [-0.1, -0.05) is 20.3 Å². The lowest BCUT2D eigenvalue weighted by atomic mass is 10.2. The Balaban J connectivity index is 2.62. The normalized spacial score (nSPS) is 11.8. The molecule has 1 aromatic rings. The van der Waals surface area contributed by atoms with Crippen molar-refractivity contribution in [2.24, 2.45) is 0 Å². The molecule has 0 fully saturated rings. The summed E-state index contributed by atoms with van der Waals surface area (Å²) in [5, 5.41) is 6.66. The number of carbonyl (C=O) groups excluding carboxylic acids is 2. The summed E-state index contributed by atoms with van der Waals surface area (Å²) < 4.78 is 6.14. The highest BCUT2D eigenvalue weighted by atomic mass is 16.5. The minimum absolute atomic E-state index is 0.0204. The average molecular weight is 309 g/mol. The third-order valence-corrected chi connectivity index (χ3v) is 3.15. The SMILES string of the molecule is CCCCn1nc(C(=O)OCC(=O)NC(C)CC)ccc1=O. The Labute approximate surface area is 129 Å². The van der Waals surface area contributed by atoms with Gasteiger partial charge in [0.05, 0.1) is 0 Å². The van der Waals surface area contributed by atoms with E-state index < -0.39 is 5.97 Å². The standard InChI is InChI=1S/C15H23N3O4/c1-4-6-9-18-14(20)8-7-12(17-18)15(21)22-10-13(19)16-11(3)5-2/h7-8,11H,4-6,9-10H2,1-3H3,(H,16,19). The molecule has 0 saturated carbocycles. The Morgan fingerprint density at radius 1 is 1.36 bits per heavy atom. The van der Waals surface area contributed by atoms with Crippen LogP contribution in [0.15, 0.2) is 16.9 Å². The van der Waals surface area contributed by atoms with Gasteiger partial charge in [0, 0.05) is 18.7 Å². The topological polar surface area (TPSA) is 90.3 Å². The largest absolute Gasteiger partial charge is 0.451 e. The van der Waals surface area contributed by atoms with Gasteiger partial charge in [-0.3, -0.25) is 9.59 Å². The number of hydrogen-bond donors (Lipinski definition) is 1. The quantitative estimate of drug-likeness (QED) is 0.727. The lowest BCUT2D eigenvalue weighted by Crippen LogP contribution is -2.35. The van der Waals surface area contributed by atoms with Gasteiger partial charge in [0.15, 0.2) is 12.3 Å². The highest BCUT2D eigenvalue weighted by molar-refractivity contribution is 5.89. The number of hydrogen-bond acceptors (Lipinski definition) is 5. The predicted octanol–water partition coefficient (Wildman–Crippen LogP) is 1.11. The van der Waals surface area contributed by atoms with Crippen molar-refractivity contribution in [3.63, 3.8) is 0 Å². The molecule has 0 radical (unpaired) electrons. The molecule has 0 aliphatic rings. The molecule has 1 aromatic heterocycles. The van der Waals surface area contributed by atoms with Crippen molar-refractivity contribution in [3.05, 3.63) is 28.2 Å². The molecule has 1 rings (SSSR count). The van der Waals surface area contributed by atoms with Gasteiger partial charge in [0.2, 0.25) is 0 Å². The van der Waals surface area contributed by atoms with E-state index in [0.29, 0.717) is 6.54 Å². The molecule has 7 heteroatoms. The van der Waals surface area contributed by atoms with Crippen LogP contribution in [-0.4, -0.2) is 34.3 Å². The predicted molar refractivity (Wildman–Crippen MR) is 81.6 cm³/mol. The highest BCUT2D eigenvalue weighted by Crippen LogP contribution is 1.97. The molecule has 0 spiro atoms. The van der Waals surface area contributed by atoms with E-state index in [1.54, 1.807) is 0 Å². The molecule has 22 heavy (non-hydrogen) atoms. The smallest absolute Gasteiger partial charge is 0.359 e. The third-order valence-electron chi connectivity index (χ3n) is 3.15. The molecule has 0 aliphatic carbocycles. The Kier molecular flexibility index (Phi) is 7.28. The first-order valence-corrected chi connectivity index (χ1v) is 7.52. The van der Waals surface area contributed by atoms with E-state index in [-0.39, 0.29) is 29.8 Å². The number of carbonyl (C=O) groups is 2. The lowest BCUT2D eigenvalue weighted by Gasteiger charge is -2.11. The third kappa shape index (κ3) is 5.67. The second-order valence-electron chi connectivity index (χ2n) is 5.09. The zero-order chi connectivity index (χ0) is 16.5. The van der Waals surface area contributed by atoms with Crippen LogP contribution in [0.25, 0.3) is 0 Å². The summed E-state index contributed by atoms with van der Waals surface area (Å²) in [5.41, 5.74) is -0.244. The van der Waals surface area contributed by atoms with Gasteiger partial charge in [-0.25, -0.2) is 9.48 Å². The van der Waals surface area contributed by atoms with Crippen LogP contribution in [0.5, 0.6) is 0 Å². The molecule has 1 unspecified atom stereocenters. The number of unbranched alkanes of at least 4 members (excludes halogenated alkanes) is 1. The molecule has 1 atom stereocenters. The van der Waals surface area contributed by atoms with Crippen molar-refractivity contribution < 1.29 is 14.3 Å². The molecule has 0 saturated heterocycles. The Bertz CT molecular complexity index is 568. The van der Waals surface area contributed by atoms with E-state index in [2.05, 4.69) is 10.4 Å². The van der Waals surface area contributed by atoms with Crippen LogP contribution in [0.3, 0.4) is 0 Å². The molecule has 7 nitrogen and oxygen atoms in total. The number of nitrogens with zero attached hydrogens (tertiary/aromatic N) is 2. The molecular weight excluding hydrogens is 286 g/mol. The first-order valence-electron chi connectivity index (χ1n) is 7.52. The van der Waals surface area contributed by atoms with Crippen molar-refractivity contribution in [3.8, 4) is 0 Å². The first kappa shape index (κ1) is 17.9. The van der Waals surface area contributed by atoms with Crippen LogP contribution in [0.4, 0.5) is 0 Å². The molecule has 1 heterocycles. The molecule has 0 aromatic carbocycles. The Hall–Kier alpha value is -2.18. The molecular formula is C15H23N3O4. The van der Waals surface area contributed by atoms with Gasteiger partial charge in [-0.05, 0) is 25.8 Å². The van der Waals surface area contributed by atoms with E-state index in [1.807, 2.05) is 20.8 Å². The van der Waals surface area contributed by atoms with Gasteiger partial charge < -0.3 is 10.1 Å². The summed E-state index contributed by atoms with van der Waals surface area (Å²) in [5.74, 6) is -1.08. The van der Waals surface area contributed by atoms with Crippen molar-refractivity contribution >= 4 is 11.9 Å². The summed E-state index contributed by atoms with van der Waals surface area (Å²) in [6.07, 6.45) is 2.50. The van der Waals surface area contributed by atoms with E-state index in [0.717, 1.165) is 19.3 Å². The van der Waals surface area contributed by atoms with Crippen molar-refractivity contribution in [1.82, 2.24) is 15.1 Å². The fourth-order valence-corrected chi connectivity index (χ4v) is 1.65. The summed E-state index contributed by atoms with van der Waals surface area (Å²) in [6.45, 7) is 5.90. The monoisotopic (exact) mass is 309 g/mol. The summed E-state index contributed by atoms with van der Waals surface area (Å²) >= 11 is 0. The van der Waals surface area contributed by atoms with Crippen LogP contribution >= 0.6 is 0 Å². The van der Waals surface area contributed by atoms with Crippen LogP contribution in [0.2, 0.25) is 0 Å². The fourth-order valence-electron chi connectivity index (χ4n) is 1.65. The van der Waals surface area contributed by atoms with Gasteiger partial charge >= 0.3 is 5.97 Å². The number of aromatic nitrogens is 2. The van der Waals surface area contributed by atoms with E-state index >= 15 is 0 Å². The Morgan fingerprint density at radius 2 is 2.09 bits per heavy atom. The minimum Gasteiger partial charge on any atom is -0.451 e. The van der Waals surface area contributed by atoms with Crippen LogP contribution in [0.1, 0.15) is 50.5 Å². The number of aryl methyl sites for hydroxylation is 1. The van der Waals surface area contributed by atoms with Gasteiger partial charge in [-0.2, -0.15) is 5.10 Å². The number of rotatable bonds is 8. The molecule has 0 bridgehead atoms. The number of ether oxygens (including phenoxy) is 1. The maximum atomic E-state index is 11.9. The van der Waals surface area contributed by atoms with E-state index in [4.69, 9.17) is 4.74 Å². The minimum atomic E-state index is -0.718. The van der Waals surface area contributed by atoms with Crippen LogP contribution in [-0.2, 0) is 16.1 Å². The number of esters is 1. The second kappa shape index (κ2) is 8.96. The van der Waals surface area contributed by atoms with Crippen LogP contribution in [0, 0.1) is 0 Å². The first-order chi connectivity index (χ1) is 10.5. The second-order valence-corrected chi connectivity index (χ2v) is 5.09. The van der Waals surface area contributed by atoms with E-state index in [1.165, 1.54) is 16.8 Å². The maximum absolute atomic E-state index is 11.9. The van der Waals surface area contributed by atoms with E-state index in [9.17, 15) is 14.4 Å². The fraction of sp³-hybridized carbons (Fsp3) is 0.600. The zero-order valence-electron chi connectivity index (χ0n) is 13.3. The summed E-state index contributed by atoms with van der Waals surface area (Å²) in [4.78, 5) is 35.0. The molecule has 122 valence electrons. The van der Waals surface area contributed by atoms with Crippen molar-refractivity contribution in [2.45, 2.75) is 52.6 Å². The summed E-state index contributed by atoms with van der Waals surface area (Å²) in [6, 6.07) is 2.61. The molecule has 0 aliphatic heterocycles. The molecule has 1 amide bonds. The van der Waals surface area contributed by atoms with Gasteiger partial charge in [0.25, 0.3) is 11.5 Å². The number of amides is 1. The van der Waals surface area contributed by atoms with Crippen LogP contribution < -0.4 is 10.9 Å². The van der Waals surface area contributed by atoms with Crippen molar-refractivity contribution in [1.29, 1.82) is 0 Å². The summed E-state index contributed by atoms with van der Waals surface area (Å²) in [7, 11) is 0. The van der Waals surface area contributed by atoms with Gasteiger partial charge in [-0.15, -0.1) is 0 Å².